The van der Waals surface area contributed by atoms with Crippen LogP contribution in [0.4, 0.5) is 13.2 Å². The molecule has 0 aromatic heterocycles. The third-order valence-corrected chi connectivity index (χ3v) is 2.75. The van der Waals surface area contributed by atoms with Crippen LogP contribution in [-0.2, 0) is 12.8 Å². The third kappa shape index (κ3) is 5.14. The molecule has 2 aromatic rings. The molecule has 0 aliphatic heterocycles. The van der Waals surface area contributed by atoms with Crippen molar-refractivity contribution < 1.29 is 17.9 Å². The second-order valence-electron chi connectivity index (χ2n) is 4.25. The zero-order valence-corrected chi connectivity index (χ0v) is 12.4. The van der Waals surface area contributed by atoms with Gasteiger partial charge in [-0.25, -0.2) is 0 Å². The van der Waals surface area contributed by atoms with Crippen LogP contribution < -0.4 is 4.74 Å². The first-order valence-corrected chi connectivity index (χ1v) is 6.81. The molecular formula is C17H19F3O. The molecule has 0 spiro atoms. The summed E-state index contributed by atoms with van der Waals surface area (Å²) in [5.74, 6) is 0.263. The molecule has 0 heterocycles. The first kappa shape index (κ1) is 17.1. The van der Waals surface area contributed by atoms with Crippen LogP contribution >= 0.6 is 0 Å². The highest BCUT2D eigenvalue weighted by molar-refractivity contribution is 5.38. The maximum atomic E-state index is 12.6. The van der Waals surface area contributed by atoms with Gasteiger partial charge in [-0.3, -0.25) is 0 Å². The zero-order chi connectivity index (χ0) is 15.9. The number of hydrogen-bond acceptors (Lipinski definition) is 1. The number of aryl methyl sites for hydroxylation is 1. The molecule has 0 bridgehead atoms. The maximum Gasteiger partial charge on any atom is 0.416 e. The van der Waals surface area contributed by atoms with Gasteiger partial charge in [-0.2, -0.15) is 13.2 Å². The molecule has 0 aliphatic carbocycles. The Bertz CT molecular complexity index is 548. The summed E-state index contributed by atoms with van der Waals surface area (Å²) in [7, 11) is 0. The molecule has 114 valence electrons. The molecule has 2 aromatic carbocycles. The Kier molecular flexibility index (Phi) is 6.28. The average molecular weight is 296 g/mol. The first-order valence-electron chi connectivity index (χ1n) is 6.81. The van der Waals surface area contributed by atoms with E-state index in [1.165, 1.54) is 6.07 Å². The largest absolute Gasteiger partial charge is 0.489 e. The predicted octanol–water partition coefficient (Wildman–Crippen LogP) is 5.62. The second kappa shape index (κ2) is 7.72. The van der Waals surface area contributed by atoms with Crippen LogP contribution in [0.1, 0.15) is 30.5 Å². The van der Waals surface area contributed by atoms with E-state index in [0.717, 1.165) is 17.7 Å². The van der Waals surface area contributed by atoms with E-state index in [9.17, 15) is 13.2 Å². The van der Waals surface area contributed by atoms with E-state index in [-0.39, 0.29) is 12.4 Å². The van der Waals surface area contributed by atoms with Gasteiger partial charge in [0.25, 0.3) is 0 Å². The summed E-state index contributed by atoms with van der Waals surface area (Å²) in [6.45, 7) is 5.98. The monoisotopic (exact) mass is 296 g/mol. The smallest absolute Gasteiger partial charge is 0.416 e. The molecule has 1 nitrogen and oxygen atoms in total. The fraction of sp³-hybridized carbons (Fsp3) is 0.294. The average Bonchev–Trinajstić information content (AvgIpc) is 2.48. The third-order valence-electron chi connectivity index (χ3n) is 2.75. The van der Waals surface area contributed by atoms with E-state index >= 15 is 0 Å². The lowest BCUT2D eigenvalue weighted by Crippen LogP contribution is -2.06. The van der Waals surface area contributed by atoms with Gasteiger partial charge in [0.15, 0.2) is 0 Å². The molecule has 0 unspecified atom stereocenters. The van der Waals surface area contributed by atoms with Crippen molar-refractivity contribution in [3.8, 4) is 5.75 Å². The number of ether oxygens (including phenoxy) is 1. The summed E-state index contributed by atoms with van der Waals surface area (Å²) >= 11 is 0. The minimum absolute atomic E-state index is 0.253. The fourth-order valence-corrected chi connectivity index (χ4v) is 1.67. The highest BCUT2D eigenvalue weighted by Gasteiger charge is 2.31. The van der Waals surface area contributed by atoms with Gasteiger partial charge in [0.05, 0.1) is 5.56 Å². The van der Waals surface area contributed by atoms with E-state index in [1.807, 2.05) is 44.2 Å². The van der Waals surface area contributed by atoms with Crippen molar-refractivity contribution in [2.75, 3.05) is 0 Å². The van der Waals surface area contributed by atoms with Crippen LogP contribution in [-0.4, -0.2) is 0 Å². The number of alkyl halides is 3. The molecule has 0 amide bonds. The molecule has 21 heavy (non-hydrogen) atoms. The van der Waals surface area contributed by atoms with Crippen molar-refractivity contribution in [2.45, 2.75) is 33.6 Å². The van der Waals surface area contributed by atoms with Gasteiger partial charge in [0.1, 0.15) is 12.4 Å². The van der Waals surface area contributed by atoms with Crippen LogP contribution in [0.25, 0.3) is 0 Å². The van der Waals surface area contributed by atoms with E-state index in [0.29, 0.717) is 5.56 Å². The topological polar surface area (TPSA) is 9.23 Å². The van der Waals surface area contributed by atoms with Crippen molar-refractivity contribution in [1.29, 1.82) is 0 Å². The number of halogens is 3. The fourth-order valence-electron chi connectivity index (χ4n) is 1.67. The van der Waals surface area contributed by atoms with Gasteiger partial charge >= 0.3 is 6.18 Å². The molecule has 4 heteroatoms. The lowest BCUT2D eigenvalue weighted by Gasteiger charge is -2.12. The summed E-state index contributed by atoms with van der Waals surface area (Å²) in [5, 5.41) is 0. The van der Waals surface area contributed by atoms with Crippen LogP contribution in [0.2, 0.25) is 0 Å². The standard InChI is InChI=1S/C15H13F3O.C2H6/c1-11-7-8-13(15(16,17)18)9-14(11)19-10-12-5-3-2-4-6-12;1-2/h2-9H,10H2,1H3;1-2H3. The second-order valence-corrected chi connectivity index (χ2v) is 4.25. The van der Waals surface area contributed by atoms with E-state index in [4.69, 9.17) is 4.74 Å². The molecule has 0 atom stereocenters. The van der Waals surface area contributed by atoms with Crippen molar-refractivity contribution in [2.24, 2.45) is 0 Å². The molecule has 0 saturated carbocycles. The molecule has 0 fully saturated rings. The Morgan fingerprint density at radius 3 is 2.14 bits per heavy atom. The zero-order valence-electron chi connectivity index (χ0n) is 12.4. The number of hydrogen-bond donors (Lipinski definition) is 0. The van der Waals surface area contributed by atoms with E-state index in [2.05, 4.69) is 0 Å². The van der Waals surface area contributed by atoms with Gasteiger partial charge < -0.3 is 4.74 Å². The molecule has 0 saturated heterocycles. The predicted molar refractivity (Wildman–Crippen MR) is 78.3 cm³/mol. The van der Waals surface area contributed by atoms with Gasteiger partial charge in [0.2, 0.25) is 0 Å². The van der Waals surface area contributed by atoms with Gasteiger partial charge in [-0.05, 0) is 30.2 Å². The quantitative estimate of drug-likeness (QED) is 0.714. The molecule has 0 aliphatic rings. The van der Waals surface area contributed by atoms with E-state index in [1.54, 1.807) is 6.92 Å². The molecule has 0 N–H and O–H groups in total. The van der Waals surface area contributed by atoms with Crippen LogP contribution in [0.5, 0.6) is 5.75 Å². The van der Waals surface area contributed by atoms with Crippen LogP contribution in [0, 0.1) is 6.92 Å². The highest BCUT2D eigenvalue weighted by atomic mass is 19.4. The Morgan fingerprint density at radius 2 is 1.57 bits per heavy atom. The summed E-state index contributed by atoms with van der Waals surface area (Å²) in [6.07, 6.45) is -4.35. The number of rotatable bonds is 3. The highest BCUT2D eigenvalue weighted by Crippen LogP contribution is 2.33. The normalized spacial score (nSPS) is 10.6. The SMILES string of the molecule is CC.Cc1ccc(C(F)(F)F)cc1OCc1ccccc1. The first-order chi connectivity index (χ1) is 9.97. The van der Waals surface area contributed by atoms with Crippen molar-refractivity contribution >= 4 is 0 Å². The minimum Gasteiger partial charge on any atom is -0.489 e. The van der Waals surface area contributed by atoms with E-state index < -0.39 is 11.7 Å². The minimum atomic E-state index is -4.35. The lowest BCUT2D eigenvalue weighted by molar-refractivity contribution is -0.137. The number of benzene rings is 2. The molecule has 2 rings (SSSR count). The Balaban J connectivity index is 0.00000106. The van der Waals surface area contributed by atoms with Crippen molar-refractivity contribution in [3.63, 3.8) is 0 Å². The maximum absolute atomic E-state index is 12.6. The summed E-state index contributed by atoms with van der Waals surface area (Å²) in [4.78, 5) is 0. The molecule has 0 radical (unpaired) electrons. The van der Waals surface area contributed by atoms with Crippen molar-refractivity contribution in [3.05, 3.63) is 65.2 Å². The molecular weight excluding hydrogens is 277 g/mol. The van der Waals surface area contributed by atoms with Gasteiger partial charge in [-0.15, -0.1) is 0 Å². The summed E-state index contributed by atoms with van der Waals surface area (Å²) in [6, 6.07) is 12.8. The Hall–Kier alpha value is -1.97. The van der Waals surface area contributed by atoms with Crippen LogP contribution in [0.15, 0.2) is 48.5 Å². The Labute approximate surface area is 123 Å². The Morgan fingerprint density at radius 1 is 0.952 bits per heavy atom. The van der Waals surface area contributed by atoms with Crippen LogP contribution in [0.3, 0.4) is 0 Å². The summed E-state index contributed by atoms with van der Waals surface area (Å²) < 4.78 is 43.3. The van der Waals surface area contributed by atoms with Gasteiger partial charge in [-0.1, -0.05) is 50.2 Å². The lowest BCUT2D eigenvalue weighted by atomic mass is 10.1. The summed E-state index contributed by atoms with van der Waals surface area (Å²) in [5.41, 5.74) is 0.907. The van der Waals surface area contributed by atoms with Crippen molar-refractivity contribution in [1.82, 2.24) is 0 Å². The van der Waals surface area contributed by atoms with Gasteiger partial charge in [0, 0.05) is 0 Å².